The van der Waals surface area contributed by atoms with Crippen molar-refractivity contribution in [3.63, 3.8) is 0 Å². The molecule has 8 heterocycles. The number of benzene rings is 8. The minimum absolute atomic E-state index is 0.203. The van der Waals surface area contributed by atoms with Gasteiger partial charge in [-0.25, -0.2) is 0 Å². The SMILES string of the molecule is CC(C)(C)c1ccc2c(c1)NCCO2.CC1COc2ccccc2N1.COc1ccc2c(c1)NCCO2.Cc1cc2c(cc1C)OCCN2.Cc1ccc2c(c1)NCCCO2.Cc1ccc2c(c1)OC(C)CN2.Cc1ccc2c(c1)OCC(C)N2.Cc1ccc2c(c1)OCCCN2. The van der Waals surface area contributed by atoms with Gasteiger partial charge in [0.1, 0.15) is 90.9 Å². The first-order valence-corrected chi connectivity index (χ1v) is 34.3. The third kappa shape index (κ3) is 21.9. The van der Waals surface area contributed by atoms with E-state index in [1.54, 1.807) is 7.11 Å². The van der Waals surface area contributed by atoms with Crippen molar-refractivity contribution < 1.29 is 42.6 Å². The molecule has 0 saturated heterocycles. The van der Waals surface area contributed by atoms with Gasteiger partial charge in [-0.2, -0.15) is 0 Å². The number of aryl methyl sites for hydroxylation is 6. The average Bonchev–Trinajstić information content (AvgIpc) is 1.53. The van der Waals surface area contributed by atoms with Crippen LogP contribution in [0.4, 0.5) is 45.5 Å². The molecular formula is C80H104N8O9. The van der Waals surface area contributed by atoms with Crippen LogP contribution in [0.5, 0.6) is 51.7 Å². The number of hydrogen-bond donors (Lipinski definition) is 8. The smallest absolute Gasteiger partial charge is 0.143 e. The van der Waals surface area contributed by atoms with Gasteiger partial charge in [-0.1, -0.05) is 63.2 Å². The van der Waals surface area contributed by atoms with Crippen LogP contribution >= 0.6 is 0 Å². The molecule has 8 aliphatic heterocycles. The van der Waals surface area contributed by atoms with E-state index in [2.05, 4.69) is 223 Å². The van der Waals surface area contributed by atoms with Crippen molar-refractivity contribution in [2.45, 2.75) is 120 Å². The van der Waals surface area contributed by atoms with E-state index < -0.39 is 0 Å². The summed E-state index contributed by atoms with van der Waals surface area (Å²) in [6, 6.07) is 50.2. The van der Waals surface area contributed by atoms with Gasteiger partial charge in [-0.05, 0) is 217 Å². The molecule has 0 bridgehead atoms. The van der Waals surface area contributed by atoms with Crippen LogP contribution in [0, 0.1) is 41.5 Å². The van der Waals surface area contributed by atoms with Gasteiger partial charge in [-0.3, -0.25) is 0 Å². The molecule has 8 aromatic rings. The van der Waals surface area contributed by atoms with E-state index in [0.29, 0.717) is 12.1 Å². The lowest BCUT2D eigenvalue weighted by Crippen LogP contribution is -2.28. The minimum atomic E-state index is 0.203. The zero-order chi connectivity index (χ0) is 68.7. The Kier molecular flexibility index (Phi) is 26.1. The van der Waals surface area contributed by atoms with E-state index >= 15 is 0 Å². The third-order valence-corrected chi connectivity index (χ3v) is 16.6. The molecule has 97 heavy (non-hydrogen) atoms. The molecule has 518 valence electrons. The van der Waals surface area contributed by atoms with Crippen molar-refractivity contribution in [3.8, 4) is 51.7 Å². The van der Waals surface area contributed by atoms with Gasteiger partial charge in [0, 0.05) is 38.8 Å². The lowest BCUT2D eigenvalue weighted by atomic mass is 9.86. The highest BCUT2D eigenvalue weighted by atomic mass is 16.5. The van der Waals surface area contributed by atoms with E-state index in [9.17, 15) is 0 Å². The number of nitrogens with one attached hydrogen (secondary N) is 8. The summed E-state index contributed by atoms with van der Waals surface area (Å²) in [5.41, 5.74) is 18.0. The van der Waals surface area contributed by atoms with Crippen LogP contribution < -0.4 is 85.2 Å². The number of ether oxygens (including phenoxy) is 9. The normalized spacial score (nSPS) is 17.1. The Balaban J connectivity index is 0.000000130. The molecule has 8 N–H and O–H groups in total. The molecule has 0 fully saturated rings. The summed E-state index contributed by atoms with van der Waals surface area (Å²) in [6.45, 7) is 36.5. The number of anilines is 8. The molecule has 3 unspecified atom stereocenters. The van der Waals surface area contributed by atoms with Crippen molar-refractivity contribution >= 4 is 45.5 Å². The number of fused-ring (bicyclic) bond motifs is 8. The molecule has 3 atom stereocenters. The van der Waals surface area contributed by atoms with Crippen molar-refractivity contribution in [2.24, 2.45) is 0 Å². The number of para-hydroxylation sites is 2. The Morgan fingerprint density at radius 1 is 0.361 bits per heavy atom. The van der Waals surface area contributed by atoms with Gasteiger partial charge in [0.15, 0.2) is 0 Å². The second-order valence-corrected chi connectivity index (χ2v) is 26.4. The molecule has 8 aliphatic rings. The summed E-state index contributed by atoms with van der Waals surface area (Å²) in [5.74, 6) is 8.63. The average molecular weight is 1320 g/mol. The minimum Gasteiger partial charge on any atom is -0.497 e. The van der Waals surface area contributed by atoms with Crippen LogP contribution in [0.2, 0.25) is 0 Å². The highest BCUT2D eigenvalue weighted by molar-refractivity contribution is 5.65. The Morgan fingerprint density at radius 3 is 1.41 bits per heavy atom. The summed E-state index contributed by atoms with van der Waals surface area (Å²) in [6.07, 6.45) is 2.43. The van der Waals surface area contributed by atoms with Crippen LogP contribution in [-0.2, 0) is 5.41 Å². The fourth-order valence-corrected chi connectivity index (χ4v) is 11.0. The lowest BCUT2D eigenvalue weighted by molar-refractivity contribution is 0.226. The summed E-state index contributed by atoms with van der Waals surface area (Å²) in [4.78, 5) is 0. The highest BCUT2D eigenvalue weighted by Gasteiger charge is 2.20. The second-order valence-electron chi connectivity index (χ2n) is 26.4. The monoisotopic (exact) mass is 1320 g/mol. The molecule has 0 aromatic heterocycles. The van der Waals surface area contributed by atoms with Crippen LogP contribution in [0.3, 0.4) is 0 Å². The van der Waals surface area contributed by atoms with Gasteiger partial charge >= 0.3 is 0 Å². The van der Waals surface area contributed by atoms with Gasteiger partial charge in [-0.15, -0.1) is 0 Å². The lowest BCUT2D eigenvalue weighted by Gasteiger charge is -2.24. The van der Waals surface area contributed by atoms with E-state index in [-0.39, 0.29) is 11.5 Å². The predicted molar refractivity (Wildman–Crippen MR) is 400 cm³/mol. The summed E-state index contributed by atoms with van der Waals surface area (Å²) in [7, 11) is 1.66. The molecule has 17 nitrogen and oxygen atoms in total. The molecule has 16 rings (SSSR count). The summed E-state index contributed by atoms with van der Waals surface area (Å²) < 4.78 is 49.3. The van der Waals surface area contributed by atoms with E-state index in [0.717, 1.165) is 196 Å². The molecule has 0 amide bonds. The molecule has 0 spiro atoms. The van der Waals surface area contributed by atoms with Gasteiger partial charge in [0.2, 0.25) is 0 Å². The quantitative estimate of drug-likeness (QED) is 0.0777. The van der Waals surface area contributed by atoms with Gasteiger partial charge < -0.3 is 85.2 Å². The van der Waals surface area contributed by atoms with Crippen molar-refractivity contribution in [1.82, 2.24) is 0 Å². The van der Waals surface area contributed by atoms with Crippen LogP contribution in [0.15, 0.2) is 146 Å². The fraction of sp³-hybridized carbons (Fsp3) is 0.400. The number of hydrogen-bond acceptors (Lipinski definition) is 17. The van der Waals surface area contributed by atoms with E-state index in [4.69, 9.17) is 42.6 Å². The Labute approximate surface area is 576 Å². The first-order valence-electron chi connectivity index (χ1n) is 34.3. The molecular weight excluding hydrogens is 1220 g/mol. The summed E-state index contributed by atoms with van der Waals surface area (Å²) >= 11 is 0. The van der Waals surface area contributed by atoms with Crippen LogP contribution in [0.1, 0.15) is 93.3 Å². The first kappa shape index (κ1) is 71.6. The van der Waals surface area contributed by atoms with Crippen LogP contribution in [0.25, 0.3) is 0 Å². The maximum atomic E-state index is 5.65. The zero-order valence-electron chi connectivity index (χ0n) is 59.4. The standard InChI is InChI=1S/C12H17NO.5C10H13NO.C9H11NO2.C9H11NO/c1-12(2,3)9-4-5-11-10(8-9)13-6-7-14-11;1-7-5-9-10(6-8(7)2)12-4-3-11-9;1-7-3-4-9-10(5-7)12-6-8(2)11-9;1-7-3-4-9-10(5-7)12-8(2)6-11-9;1-8-3-4-10-9(7-8)11-5-2-6-12-10;1-8-3-4-9-10(7-8)12-6-2-5-11-9;1-11-7-2-3-9-8(6-7)10-4-5-12-9;1-7-6-11-9-5-3-2-4-8(9)10-7/h4-5,8,13H,6-7H2,1-3H3;5-6,11H,3-4H2,1-2H3;2*3-5,8,11H,6H2,1-2H3;2*3-4,7,11H,2,5-6H2,1H3;2-3,6,10H,4-5H2,1H3;2-5,7,10H,6H2,1H3. The molecule has 0 saturated carbocycles. The van der Waals surface area contributed by atoms with Crippen molar-refractivity contribution in [1.29, 1.82) is 0 Å². The molecule has 17 heteroatoms. The third-order valence-electron chi connectivity index (χ3n) is 16.6. The maximum Gasteiger partial charge on any atom is 0.143 e. The summed E-state index contributed by atoms with van der Waals surface area (Å²) in [5, 5.41) is 26.6. The fourth-order valence-electron chi connectivity index (χ4n) is 11.0. The van der Waals surface area contributed by atoms with E-state index in [1.807, 2.05) is 48.5 Å². The molecule has 0 aliphatic carbocycles. The number of rotatable bonds is 1. The first-order chi connectivity index (χ1) is 46.8. The second kappa shape index (κ2) is 35.4. The zero-order valence-corrected chi connectivity index (χ0v) is 59.4. The maximum absolute atomic E-state index is 5.65. The Morgan fingerprint density at radius 2 is 0.784 bits per heavy atom. The van der Waals surface area contributed by atoms with E-state index in [1.165, 1.54) is 38.9 Å². The van der Waals surface area contributed by atoms with Crippen molar-refractivity contribution in [2.75, 3.05) is 135 Å². The Hall–Kier alpha value is -9.64. The Bertz CT molecular complexity index is 3710. The molecule has 8 aromatic carbocycles. The van der Waals surface area contributed by atoms with Gasteiger partial charge in [0.25, 0.3) is 0 Å². The largest absolute Gasteiger partial charge is 0.497 e. The highest BCUT2D eigenvalue weighted by Crippen LogP contribution is 2.36. The number of methoxy groups -OCH3 is 1. The molecule has 0 radical (unpaired) electrons. The van der Waals surface area contributed by atoms with Crippen LogP contribution in [-0.4, -0.2) is 111 Å². The predicted octanol–water partition coefficient (Wildman–Crippen LogP) is 17.0. The van der Waals surface area contributed by atoms with Crippen molar-refractivity contribution in [3.05, 3.63) is 185 Å². The topological polar surface area (TPSA) is 179 Å². The van der Waals surface area contributed by atoms with Gasteiger partial charge in [0.05, 0.1) is 84.5 Å².